The zero-order valence-electron chi connectivity index (χ0n) is 14.8. The van der Waals surface area contributed by atoms with Gasteiger partial charge >= 0.3 is 6.03 Å². The Morgan fingerprint density at radius 3 is 2.64 bits per heavy atom. The number of aryl methyl sites for hydroxylation is 2. The third kappa shape index (κ3) is 4.40. The van der Waals surface area contributed by atoms with Crippen molar-refractivity contribution in [3.63, 3.8) is 0 Å². The van der Waals surface area contributed by atoms with E-state index >= 15 is 0 Å². The summed E-state index contributed by atoms with van der Waals surface area (Å²) in [5.74, 6) is -0.407. The van der Waals surface area contributed by atoms with Crippen LogP contribution in [0.5, 0.6) is 0 Å². The first-order chi connectivity index (χ1) is 11.9. The molecule has 2 rings (SSSR count). The van der Waals surface area contributed by atoms with E-state index in [1.807, 2.05) is 27.7 Å². The number of nitrogens with one attached hydrogen (secondary N) is 2. The molecule has 0 saturated carbocycles. The van der Waals surface area contributed by atoms with Crippen LogP contribution in [-0.2, 0) is 11.3 Å². The minimum atomic E-state index is -0.506. The Bertz CT molecular complexity index is 857. The number of imide groups is 1. The monoisotopic (exact) mass is 382 g/mol. The Labute approximate surface area is 154 Å². The van der Waals surface area contributed by atoms with Crippen LogP contribution in [0.4, 0.5) is 4.79 Å². The summed E-state index contributed by atoms with van der Waals surface area (Å²) in [4.78, 5) is 42.4. The lowest BCUT2D eigenvalue weighted by atomic mass is 10.2. The average Bonchev–Trinajstić information content (AvgIpc) is 2.85. The second-order valence-electron chi connectivity index (χ2n) is 5.50. The van der Waals surface area contributed by atoms with E-state index in [9.17, 15) is 14.4 Å². The maximum atomic E-state index is 12.7. The summed E-state index contributed by atoms with van der Waals surface area (Å²) in [6.07, 6.45) is 0.794. The Morgan fingerprint density at radius 2 is 2.00 bits per heavy atom. The maximum absolute atomic E-state index is 12.7. The van der Waals surface area contributed by atoms with Crippen molar-refractivity contribution >= 4 is 45.3 Å². The van der Waals surface area contributed by atoms with Crippen LogP contribution in [-0.4, -0.2) is 33.8 Å². The number of hydrogen-bond donors (Lipinski definition) is 2. The number of thioether (sulfide) groups is 1. The van der Waals surface area contributed by atoms with Crippen molar-refractivity contribution in [3.8, 4) is 0 Å². The van der Waals surface area contributed by atoms with Crippen LogP contribution in [0.2, 0.25) is 0 Å². The number of carbonyl (C=O) groups is 2. The molecule has 136 valence electrons. The van der Waals surface area contributed by atoms with Gasteiger partial charge in [-0.1, -0.05) is 18.7 Å². The Kier molecular flexibility index (Phi) is 6.60. The quantitative estimate of drug-likeness (QED) is 0.591. The summed E-state index contributed by atoms with van der Waals surface area (Å²) >= 11 is 2.63. The molecular weight excluding hydrogens is 360 g/mol. The number of fused-ring (bicyclic) bond motifs is 1. The van der Waals surface area contributed by atoms with Crippen molar-refractivity contribution in [3.05, 3.63) is 20.8 Å². The zero-order valence-corrected chi connectivity index (χ0v) is 16.4. The lowest BCUT2D eigenvalue weighted by Gasteiger charge is -2.10. The van der Waals surface area contributed by atoms with E-state index in [0.717, 1.165) is 28.6 Å². The molecule has 0 aliphatic heterocycles. The van der Waals surface area contributed by atoms with E-state index in [0.29, 0.717) is 28.5 Å². The zero-order chi connectivity index (χ0) is 18.6. The van der Waals surface area contributed by atoms with E-state index in [1.54, 1.807) is 4.57 Å². The van der Waals surface area contributed by atoms with Crippen LogP contribution in [0.3, 0.4) is 0 Å². The summed E-state index contributed by atoms with van der Waals surface area (Å²) in [7, 11) is 0. The van der Waals surface area contributed by atoms with E-state index in [-0.39, 0.29) is 11.3 Å². The average molecular weight is 383 g/mol. The lowest BCUT2D eigenvalue weighted by Crippen LogP contribution is -2.40. The summed E-state index contributed by atoms with van der Waals surface area (Å²) < 4.78 is 1.57. The number of hydrogen-bond acceptors (Lipinski definition) is 6. The molecule has 0 aromatic carbocycles. The topological polar surface area (TPSA) is 93.1 Å². The molecule has 0 fully saturated rings. The van der Waals surface area contributed by atoms with Gasteiger partial charge in [-0.3, -0.25) is 19.5 Å². The number of thiophene rings is 1. The number of urea groups is 1. The SMILES string of the molecule is CCCNC(=O)NC(=O)CSc1nc2sc(C)c(C)c2c(=O)n1CC. The molecule has 9 heteroatoms. The van der Waals surface area contributed by atoms with Gasteiger partial charge in [0.25, 0.3) is 5.56 Å². The fourth-order valence-electron chi connectivity index (χ4n) is 2.27. The fourth-order valence-corrected chi connectivity index (χ4v) is 4.21. The van der Waals surface area contributed by atoms with Crippen LogP contribution >= 0.6 is 23.1 Å². The molecule has 25 heavy (non-hydrogen) atoms. The Hall–Kier alpha value is -1.87. The molecule has 0 unspecified atom stereocenters. The standard InChI is InChI=1S/C16H22N4O3S2/c1-5-7-17-15(23)18-11(21)8-24-16-19-13-12(9(3)10(4)25-13)14(22)20(16)6-2/h5-8H2,1-4H3,(H2,17,18,21,23). The molecular formula is C16H22N4O3S2. The molecule has 0 bridgehead atoms. The molecule has 7 nitrogen and oxygen atoms in total. The molecule has 2 aromatic heterocycles. The molecule has 0 aliphatic rings. The number of carbonyl (C=O) groups excluding carboxylic acids is 2. The van der Waals surface area contributed by atoms with Gasteiger partial charge in [0.05, 0.1) is 11.1 Å². The van der Waals surface area contributed by atoms with E-state index in [2.05, 4.69) is 15.6 Å². The number of rotatable bonds is 6. The van der Waals surface area contributed by atoms with Crippen LogP contribution in [0.15, 0.2) is 9.95 Å². The highest BCUT2D eigenvalue weighted by Gasteiger charge is 2.17. The van der Waals surface area contributed by atoms with Gasteiger partial charge < -0.3 is 5.32 Å². The minimum Gasteiger partial charge on any atom is -0.338 e. The number of nitrogens with zero attached hydrogens (tertiary/aromatic N) is 2. The number of aromatic nitrogens is 2. The van der Waals surface area contributed by atoms with Crippen molar-refractivity contribution in [1.82, 2.24) is 20.2 Å². The lowest BCUT2D eigenvalue weighted by molar-refractivity contribution is -0.117. The van der Waals surface area contributed by atoms with E-state index in [4.69, 9.17) is 0 Å². The highest BCUT2D eigenvalue weighted by molar-refractivity contribution is 7.99. The highest BCUT2D eigenvalue weighted by Crippen LogP contribution is 2.28. The van der Waals surface area contributed by atoms with Crippen molar-refractivity contribution in [2.75, 3.05) is 12.3 Å². The molecule has 0 spiro atoms. The predicted octanol–water partition coefficient (Wildman–Crippen LogP) is 2.42. The van der Waals surface area contributed by atoms with Crippen LogP contribution < -0.4 is 16.2 Å². The van der Waals surface area contributed by atoms with Gasteiger partial charge in [0, 0.05) is 18.0 Å². The van der Waals surface area contributed by atoms with Gasteiger partial charge in [0.1, 0.15) is 4.83 Å². The molecule has 2 heterocycles. The van der Waals surface area contributed by atoms with Crippen molar-refractivity contribution < 1.29 is 9.59 Å². The fraction of sp³-hybridized carbons (Fsp3) is 0.500. The molecule has 2 N–H and O–H groups in total. The third-order valence-corrected chi connectivity index (χ3v) is 5.77. The van der Waals surface area contributed by atoms with E-state index < -0.39 is 11.9 Å². The third-order valence-electron chi connectivity index (χ3n) is 3.69. The second kappa shape index (κ2) is 8.48. The minimum absolute atomic E-state index is 0.0147. The summed E-state index contributed by atoms with van der Waals surface area (Å²) in [5, 5.41) is 5.98. The summed E-state index contributed by atoms with van der Waals surface area (Å²) in [5.41, 5.74) is 0.875. The molecule has 0 aliphatic carbocycles. The van der Waals surface area contributed by atoms with Gasteiger partial charge in [0.2, 0.25) is 5.91 Å². The smallest absolute Gasteiger partial charge is 0.321 e. The van der Waals surface area contributed by atoms with E-state index in [1.165, 1.54) is 11.3 Å². The van der Waals surface area contributed by atoms with Gasteiger partial charge in [0.15, 0.2) is 5.16 Å². The summed E-state index contributed by atoms with van der Waals surface area (Å²) in [6, 6.07) is -0.506. The molecule has 3 amide bonds. The number of amides is 3. The molecule has 0 radical (unpaired) electrons. The Balaban J connectivity index is 2.17. The highest BCUT2D eigenvalue weighted by atomic mass is 32.2. The van der Waals surface area contributed by atoms with Crippen molar-refractivity contribution in [2.24, 2.45) is 0 Å². The van der Waals surface area contributed by atoms with Gasteiger partial charge in [-0.2, -0.15) is 0 Å². The first-order valence-corrected chi connectivity index (χ1v) is 9.90. The normalized spacial score (nSPS) is 10.9. The summed E-state index contributed by atoms with van der Waals surface area (Å²) in [6.45, 7) is 8.66. The van der Waals surface area contributed by atoms with Crippen molar-refractivity contribution in [1.29, 1.82) is 0 Å². The molecule has 0 atom stereocenters. The largest absolute Gasteiger partial charge is 0.338 e. The predicted molar refractivity (Wildman–Crippen MR) is 102 cm³/mol. The van der Waals surface area contributed by atoms with Crippen molar-refractivity contribution in [2.45, 2.75) is 45.8 Å². The Morgan fingerprint density at radius 1 is 1.28 bits per heavy atom. The van der Waals surface area contributed by atoms with Crippen LogP contribution in [0.25, 0.3) is 10.2 Å². The van der Waals surface area contributed by atoms with Crippen LogP contribution in [0.1, 0.15) is 30.7 Å². The van der Waals surface area contributed by atoms with Crippen LogP contribution in [0, 0.1) is 13.8 Å². The first kappa shape index (κ1) is 19.5. The molecule has 2 aromatic rings. The van der Waals surface area contributed by atoms with Gasteiger partial charge in [-0.05, 0) is 32.8 Å². The van der Waals surface area contributed by atoms with Gasteiger partial charge in [-0.25, -0.2) is 9.78 Å². The van der Waals surface area contributed by atoms with Gasteiger partial charge in [-0.15, -0.1) is 11.3 Å². The maximum Gasteiger partial charge on any atom is 0.321 e. The first-order valence-electron chi connectivity index (χ1n) is 8.10. The second-order valence-corrected chi connectivity index (χ2v) is 7.65. The molecule has 0 saturated heterocycles.